The van der Waals surface area contributed by atoms with E-state index in [-0.39, 0.29) is 21.2 Å². The van der Waals surface area contributed by atoms with E-state index < -0.39 is 12.1 Å². The van der Waals surface area contributed by atoms with Gasteiger partial charge in [0.2, 0.25) is 0 Å². The monoisotopic (exact) mass is 265 g/mol. The second kappa shape index (κ2) is 3.88. The average Bonchev–Trinajstić information content (AvgIpc) is 2.16. The summed E-state index contributed by atoms with van der Waals surface area (Å²) in [5.41, 5.74) is -0.0503. The third kappa shape index (κ3) is 2.64. The van der Waals surface area contributed by atoms with Crippen molar-refractivity contribution in [3.8, 4) is 5.75 Å². The molecule has 0 fully saturated rings. The van der Waals surface area contributed by atoms with E-state index in [9.17, 15) is 18.4 Å². The van der Waals surface area contributed by atoms with Gasteiger partial charge in [-0.15, -0.1) is 13.2 Å². The van der Waals surface area contributed by atoms with E-state index in [1.807, 2.05) is 0 Å². The molecule has 0 aliphatic rings. The minimum Gasteiger partial charge on any atom is -0.594 e. The van der Waals surface area contributed by atoms with Gasteiger partial charge in [-0.05, 0) is 28.6 Å². The number of hydrogen-bond donors (Lipinski definition) is 0. The molecule has 0 unspecified atom stereocenters. The Bertz CT molecular complexity index is 576. The predicted octanol–water partition coefficient (Wildman–Crippen LogP) is 1.82. The summed E-state index contributed by atoms with van der Waals surface area (Å²) in [5, 5.41) is 14.2. The van der Waals surface area contributed by atoms with Gasteiger partial charge in [0.1, 0.15) is 11.3 Å². The van der Waals surface area contributed by atoms with Gasteiger partial charge in [0.15, 0.2) is 0 Å². The highest BCUT2D eigenvalue weighted by Gasteiger charge is 2.31. The quantitative estimate of drug-likeness (QED) is 0.583. The van der Waals surface area contributed by atoms with Gasteiger partial charge in [0, 0.05) is 5.10 Å². The molecule has 2 rings (SSSR count). The molecular weight excluding hydrogens is 263 g/mol. The van der Waals surface area contributed by atoms with Crippen molar-refractivity contribution in [3.63, 3.8) is 0 Å². The lowest BCUT2D eigenvalue weighted by Gasteiger charge is -2.08. The Hall–Kier alpha value is -1.83. The smallest absolute Gasteiger partial charge is 0.573 e. The zero-order chi connectivity index (χ0) is 12.6. The van der Waals surface area contributed by atoms with E-state index in [2.05, 4.69) is 14.8 Å². The lowest BCUT2D eigenvalue weighted by Crippen LogP contribution is -2.32. The molecular formula is C8H3ClF3N3O2. The van der Waals surface area contributed by atoms with E-state index >= 15 is 0 Å². The molecule has 0 aliphatic carbocycles. The fourth-order valence-electron chi connectivity index (χ4n) is 1.20. The first-order valence-electron chi connectivity index (χ1n) is 4.18. The number of halogens is 4. The molecule has 0 radical (unpaired) electrons. The summed E-state index contributed by atoms with van der Waals surface area (Å²) in [4.78, 5) is 3.75. The lowest BCUT2D eigenvalue weighted by molar-refractivity contribution is -0.643. The van der Waals surface area contributed by atoms with Crippen LogP contribution < -0.4 is 9.58 Å². The van der Waals surface area contributed by atoms with Gasteiger partial charge in [0.05, 0.1) is 6.07 Å². The van der Waals surface area contributed by atoms with Gasteiger partial charge >= 0.3 is 6.36 Å². The zero-order valence-electron chi connectivity index (χ0n) is 7.90. The Kier molecular flexibility index (Phi) is 2.66. The summed E-state index contributed by atoms with van der Waals surface area (Å²) in [6.07, 6.45) is -4.82. The van der Waals surface area contributed by atoms with Crippen LogP contribution in [0.1, 0.15) is 0 Å². The molecule has 0 N–H and O–H groups in total. The number of nitrogens with zero attached hydrogens (tertiary/aromatic N) is 3. The molecule has 0 saturated heterocycles. The van der Waals surface area contributed by atoms with Crippen molar-refractivity contribution in [2.24, 2.45) is 0 Å². The summed E-state index contributed by atoms with van der Waals surface area (Å²) < 4.78 is 39.5. The average molecular weight is 266 g/mol. The van der Waals surface area contributed by atoms with Crippen molar-refractivity contribution in [3.05, 3.63) is 28.7 Å². The van der Waals surface area contributed by atoms with Crippen LogP contribution in [0.15, 0.2) is 18.2 Å². The van der Waals surface area contributed by atoms with Crippen molar-refractivity contribution in [1.82, 2.24) is 10.1 Å². The summed E-state index contributed by atoms with van der Waals surface area (Å²) in [6.45, 7) is 0. The van der Waals surface area contributed by atoms with E-state index in [0.717, 1.165) is 12.1 Å². The SMILES string of the molecule is [O-][n+]1nc(Cl)nc2ccc(OC(F)(F)F)cc21. The molecule has 17 heavy (non-hydrogen) atoms. The molecule has 5 nitrogen and oxygen atoms in total. The summed E-state index contributed by atoms with van der Waals surface area (Å²) in [7, 11) is 0. The number of aromatic nitrogens is 3. The Morgan fingerprint density at radius 3 is 2.71 bits per heavy atom. The van der Waals surface area contributed by atoms with Crippen LogP contribution in [-0.2, 0) is 0 Å². The largest absolute Gasteiger partial charge is 0.594 e. The second-order valence-corrected chi connectivity index (χ2v) is 3.29. The molecule has 0 amide bonds. The number of alkyl halides is 3. The van der Waals surface area contributed by atoms with Gasteiger partial charge in [-0.3, -0.25) is 0 Å². The van der Waals surface area contributed by atoms with E-state index in [0.29, 0.717) is 0 Å². The third-order valence-electron chi connectivity index (χ3n) is 1.77. The van der Waals surface area contributed by atoms with Crippen LogP contribution in [0.2, 0.25) is 5.28 Å². The minimum absolute atomic E-state index is 0.0773. The van der Waals surface area contributed by atoms with Gasteiger partial charge in [0.25, 0.3) is 10.8 Å². The number of hydrogen-bond acceptors (Lipinski definition) is 4. The Morgan fingerprint density at radius 1 is 1.35 bits per heavy atom. The first kappa shape index (κ1) is 11.6. The molecule has 90 valence electrons. The van der Waals surface area contributed by atoms with Gasteiger partial charge in [-0.2, -0.15) is 0 Å². The second-order valence-electron chi connectivity index (χ2n) is 2.95. The molecule has 2 aromatic rings. The fraction of sp³-hybridized carbons (Fsp3) is 0.125. The molecule has 0 spiro atoms. The maximum absolute atomic E-state index is 11.9. The van der Waals surface area contributed by atoms with Crippen LogP contribution in [0.25, 0.3) is 11.0 Å². The van der Waals surface area contributed by atoms with Gasteiger partial charge in [-0.25, -0.2) is 4.98 Å². The molecule has 0 bridgehead atoms. The zero-order valence-corrected chi connectivity index (χ0v) is 8.66. The van der Waals surface area contributed by atoms with E-state index in [4.69, 9.17) is 11.6 Å². The van der Waals surface area contributed by atoms with Crippen LogP contribution in [0.4, 0.5) is 13.2 Å². The molecule has 1 heterocycles. The summed E-state index contributed by atoms with van der Waals surface area (Å²) in [5.74, 6) is -0.527. The van der Waals surface area contributed by atoms with Crippen LogP contribution in [0.3, 0.4) is 0 Å². The van der Waals surface area contributed by atoms with Crippen molar-refractivity contribution in [2.75, 3.05) is 0 Å². The number of rotatable bonds is 1. The van der Waals surface area contributed by atoms with Crippen molar-refractivity contribution >= 4 is 22.6 Å². The summed E-state index contributed by atoms with van der Waals surface area (Å²) in [6, 6.07) is 3.09. The number of ether oxygens (including phenoxy) is 1. The molecule has 1 aromatic carbocycles. The Labute approximate surface area is 97.0 Å². The molecule has 9 heteroatoms. The highest BCUT2D eigenvalue weighted by Crippen LogP contribution is 2.24. The highest BCUT2D eigenvalue weighted by molar-refractivity contribution is 6.28. The van der Waals surface area contributed by atoms with Crippen molar-refractivity contribution in [2.45, 2.75) is 6.36 Å². The standard InChI is InChI=1S/C8H3ClF3N3O2/c9-7-13-5-2-1-4(17-8(10,11)12)3-6(5)15(16)14-7/h1-3H. The van der Waals surface area contributed by atoms with E-state index in [1.54, 1.807) is 0 Å². The number of fused-ring (bicyclic) bond motifs is 1. The minimum atomic E-state index is -4.82. The summed E-state index contributed by atoms with van der Waals surface area (Å²) >= 11 is 5.42. The van der Waals surface area contributed by atoms with Crippen LogP contribution in [0.5, 0.6) is 5.75 Å². The molecule has 0 aliphatic heterocycles. The molecule has 0 atom stereocenters. The van der Waals surface area contributed by atoms with Crippen LogP contribution in [0, 0.1) is 5.21 Å². The normalized spacial score (nSPS) is 11.8. The van der Waals surface area contributed by atoms with Crippen LogP contribution >= 0.6 is 11.6 Å². The first-order valence-corrected chi connectivity index (χ1v) is 4.56. The highest BCUT2D eigenvalue weighted by atomic mass is 35.5. The van der Waals surface area contributed by atoms with E-state index in [1.165, 1.54) is 6.07 Å². The maximum atomic E-state index is 11.9. The third-order valence-corrected chi connectivity index (χ3v) is 1.93. The number of benzene rings is 1. The first-order chi connectivity index (χ1) is 7.85. The Balaban J connectivity index is 2.51. The lowest BCUT2D eigenvalue weighted by atomic mass is 10.3. The van der Waals surface area contributed by atoms with Crippen molar-refractivity contribution < 1.29 is 22.8 Å². The van der Waals surface area contributed by atoms with Gasteiger partial charge in [-0.1, -0.05) is 0 Å². The van der Waals surface area contributed by atoms with Crippen molar-refractivity contribution in [1.29, 1.82) is 0 Å². The molecule has 0 saturated carbocycles. The fourth-order valence-corrected chi connectivity index (χ4v) is 1.36. The maximum Gasteiger partial charge on any atom is 0.573 e. The molecule has 1 aromatic heterocycles. The topological polar surface area (TPSA) is 62.0 Å². The Morgan fingerprint density at radius 2 is 2.06 bits per heavy atom. The predicted molar refractivity (Wildman–Crippen MR) is 50.2 cm³/mol. The van der Waals surface area contributed by atoms with Gasteiger partial charge < -0.3 is 9.94 Å². The van der Waals surface area contributed by atoms with Crippen LogP contribution in [-0.4, -0.2) is 16.4 Å².